The van der Waals surface area contributed by atoms with Crippen molar-refractivity contribution < 1.29 is 9.53 Å². The molecule has 0 aliphatic rings. The molecule has 2 aromatic rings. The van der Waals surface area contributed by atoms with E-state index in [1.54, 1.807) is 26.3 Å². The Kier molecular flexibility index (Phi) is 3.77. The van der Waals surface area contributed by atoms with Crippen LogP contribution in [0.2, 0.25) is 0 Å². The van der Waals surface area contributed by atoms with Gasteiger partial charge in [-0.3, -0.25) is 9.59 Å². The number of pyridine rings is 1. The topological polar surface area (TPSA) is 60.3 Å². The highest BCUT2D eigenvalue weighted by atomic mass is 16.5. The maximum absolute atomic E-state index is 12.4. The van der Waals surface area contributed by atoms with Crippen molar-refractivity contribution in [3.05, 3.63) is 40.2 Å². The van der Waals surface area contributed by atoms with Crippen molar-refractivity contribution in [1.29, 1.82) is 0 Å². The first-order valence-corrected chi connectivity index (χ1v) is 6.74. The molecular weight excluding hydrogens is 268 g/mol. The molecule has 0 aliphatic heterocycles. The van der Waals surface area contributed by atoms with Gasteiger partial charge in [-0.25, -0.2) is 0 Å². The van der Waals surface area contributed by atoms with Crippen LogP contribution in [0.1, 0.15) is 31.1 Å². The fraction of sp³-hybridized carbons (Fsp3) is 0.375. The van der Waals surface area contributed by atoms with Gasteiger partial charge >= 0.3 is 0 Å². The number of benzene rings is 1. The summed E-state index contributed by atoms with van der Waals surface area (Å²) in [7, 11) is 3.19. The summed E-state index contributed by atoms with van der Waals surface area (Å²) in [6.45, 7) is 5.62. The Labute approximate surface area is 123 Å². The van der Waals surface area contributed by atoms with Crippen LogP contribution < -0.4 is 15.6 Å². The van der Waals surface area contributed by atoms with Gasteiger partial charge in [0, 0.05) is 18.0 Å². The summed E-state index contributed by atoms with van der Waals surface area (Å²) in [6, 6.07) is 7.08. The van der Waals surface area contributed by atoms with Crippen LogP contribution in [0.4, 0.5) is 0 Å². The number of carbonyl (C=O) groups excluding carboxylic acids is 1. The number of methoxy groups -OCH3 is 1. The summed E-state index contributed by atoms with van der Waals surface area (Å²) in [4.78, 5) is 24.7. The van der Waals surface area contributed by atoms with Gasteiger partial charge < -0.3 is 14.6 Å². The Hall–Kier alpha value is -2.30. The molecule has 0 bridgehead atoms. The molecular formula is C16H20N2O3. The van der Waals surface area contributed by atoms with Gasteiger partial charge in [0.25, 0.3) is 11.5 Å². The summed E-state index contributed by atoms with van der Waals surface area (Å²) in [5, 5.41) is 3.60. The summed E-state index contributed by atoms with van der Waals surface area (Å²) < 4.78 is 6.73. The van der Waals surface area contributed by atoms with Crippen LogP contribution in [0.15, 0.2) is 29.1 Å². The largest absolute Gasteiger partial charge is 0.495 e. The van der Waals surface area contributed by atoms with Gasteiger partial charge in [-0.2, -0.15) is 0 Å². The Morgan fingerprint density at radius 1 is 1.29 bits per heavy atom. The van der Waals surface area contributed by atoms with Gasteiger partial charge in [0.15, 0.2) is 0 Å². The van der Waals surface area contributed by atoms with Crippen LogP contribution in [0, 0.1) is 0 Å². The monoisotopic (exact) mass is 288 g/mol. The summed E-state index contributed by atoms with van der Waals surface area (Å²) >= 11 is 0. The first kappa shape index (κ1) is 15.1. The molecule has 0 aliphatic carbocycles. The predicted molar refractivity (Wildman–Crippen MR) is 83.0 cm³/mol. The quantitative estimate of drug-likeness (QED) is 0.920. The van der Waals surface area contributed by atoms with Crippen molar-refractivity contribution in [2.24, 2.45) is 7.05 Å². The number of carbonyl (C=O) groups is 1. The van der Waals surface area contributed by atoms with E-state index >= 15 is 0 Å². The van der Waals surface area contributed by atoms with Crippen LogP contribution >= 0.6 is 0 Å². The van der Waals surface area contributed by atoms with Crippen molar-refractivity contribution in [1.82, 2.24) is 9.88 Å². The summed E-state index contributed by atoms with van der Waals surface area (Å²) in [5.74, 6) is 0.239. The SMILES string of the molecule is COc1cccc2cc(C(=O)NC(C)(C)C)c(=O)n(C)c12. The molecule has 0 unspecified atom stereocenters. The summed E-state index contributed by atoms with van der Waals surface area (Å²) in [6.07, 6.45) is 0. The molecule has 2 rings (SSSR count). The molecule has 0 radical (unpaired) electrons. The van der Waals surface area contributed by atoms with Crippen LogP contribution in [0.5, 0.6) is 5.75 Å². The van der Waals surface area contributed by atoms with E-state index in [4.69, 9.17) is 4.74 Å². The van der Waals surface area contributed by atoms with E-state index in [1.165, 1.54) is 4.57 Å². The molecule has 0 saturated heterocycles. The average Bonchev–Trinajstić information content (AvgIpc) is 2.39. The lowest BCUT2D eigenvalue weighted by Gasteiger charge is -2.20. The third kappa shape index (κ3) is 2.91. The number of aryl methyl sites for hydroxylation is 1. The molecule has 112 valence electrons. The number of nitrogens with zero attached hydrogens (tertiary/aromatic N) is 1. The van der Waals surface area contributed by atoms with Crippen LogP contribution in [-0.4, -0.2) is 23.1 Å². The normalized spacial score (nSPS) is 11.5. The maximum Gasteiger partial charge on any atom is 0.263 e. The van der Waals surface area contributed by atoms with Gasteiger partial charge in [0.2, 0.25) is 0 Å². The highest BCUT2D eigenvalue weighted by Crippen LogP contribution is 2.24. The second-order valence-corrected chi connectivity index (χ2v) is 6.02. The van der Waals surface area contributed by atoms with Gasteiger partial charge in [-0.15, -0.1) is 0 Å². The minimum Gasteiger partial charge on any atom is -0.495 e. The number of hydrogen-bond donors (Lipinski definition) is 1. The van der Waals surface area contributed by atoms with E-state index in [1.807, 2.05) is 32.9 Å². The minimum absolute atomic E-state index is 0.133. The predicted octanol–water partition coefficient (Wildman–Crippen LogP) is 2.08. The zero-order valence-corrected chi connectivity index (χ0v) is 13.0. The standard InChI is InChI=1S/C16H20N2O3/c1-16(2,3)17-14(19)11-9-10-7-6-8-12(21-5)13(10)18(4)15(11)20/h6-9H,1-5H3,(H,17,19). The highest BCUT2D eigenvalue weighted by molar-refractivity contribution is 5.98. The third-order valence-electron chi connectivity index (χ3n) is 3.15. The lowest BCUT2D eigenvalue weighted by atomic mass is 10.1. The van der Waals surface area contributed by atoms with Crippen molar-refractivity contribution in [3.8, 4) is 5.75 Å². The number of aromatic nitrogens is 1. The number of fused-ring (bicyclic) bond motifs is 1. The number of ether oxygens (including phenoxy) is 1. The number of para-hydroxylation sites is 1. The van der Waals surface area contributed by atoms with Crippen LogP contribution in [-0.2, 0) is 7.05 Å². The molecule has 1 aromatic carbocycles. The second kappa shape index (κ2) is 5.24. The molecule has 0 saturated carbocycles. The van der Waals surface area contributed by atoms with Crippen molar-refractivity contribution in [3.63, 3.8) is 0 Å². The molecule has 1 N–H and O–H groups in total. The van der Waals surface area contributed by atoms with Gasteiger partial charge in [0.1, 0.15) is 11.3 Å². The average molecular weight is 288 g/mol. The number of nitrogens with one attached hydrogen (secondary N) is 1. The Balaban J connectivity index is 2.66. The van der Waals surface area contributed by atoms with E-state index in [0.717, 1.165) is 5.39 Å². The van der Waals surface area contributed by atoms with Gasteiger partial charge in [0.05, 0.1) is 12.6 Å². The molecule has 1 amide bonds. The summed E-state index contributed by atoms with van der Waals surface area (Å²) in [5.41, 5.74) is 0.0741. The minimum atomic E-state index is -0.397. The number of rotatable bonds is 2. The zero-order chi connectivity index (χ0) is 15.8. The fourth-order valence-corrected chi connectivity index (χ4v) is 2.25. The van der Waals surface area contributed by atoms with E-state index in [0.29, 0.717) is 11.3 Å². The maximum atomic E-state index is 12.4. The first-order valence-electron chi connectivity index (χ1n) is 6.74. The lowest BCUT2D eigenvalue weighted by molar-refractivity contribution is 0.0917. The Morgan fingerprint density at radius 2 is 1.95 bits per heavy atom. The number of hydrogen-bond acceptors (Lipinski definition) is 3. The van der Waals surface area contributed by atoms with Gasteiger partial charge in [-0.1, -0.05) is 12.1 Å². The Bertz CT molecular complexity index is 754. The van der Waals surface area contributed by atoms with Crippen LogP contribution in [0.25, 0.3) is 10.9 Å². The molecule has 1 aromatic heterocycles. The van der Waals surface area contributed by atoms with E-state index in [2.05, 4.69) is 5.32 Å². The van der Waals surface area contributed by atoms with Gasteiger partial charge in [-0.05, 0) is 32.9 Å². The first-order chi connectivity index (χ1) is 9.74. The van der Waals surface area contributed by atoms with Crippen molar-refractivity contribution in [2.45, 2.75) is 26.3 Å². The number of amides is 1. The lowest BCUT2D eigenvalue weighted by Crippen LogP contribution is -2.43. The van der Waals surface area contributed by atoms with E-state index in [-0.39, 0.29) is 17.0 Å². The highest BCUT2D eigenvalue weighted by Gasteiger charge is 2.20. The van der Waals surface area contributed by atoms with Crippen molar-refractivity contribution in [2.75, 3.05) is 7.11 Å². The molecule has 0 fully saturated rings. The van der Waals surface area contributed by atoms with E-state index < -0.39 is 5.54 Å². The zero-order valence-electron chi connectivity index (χ0n) is 13.0. The molecule has 21 heavy (non-hydrogen) atoms. The Morgan fingerprint density at radius 3 is 2.52 bits per heavy atom. The fourth-order valence-electron chi connectivity index (χ4n) is 2.25. The molecule has 5 heteroatoms. The molecule has 0 atom stereocenters. The van der Waals surface area contributed by atoms with Crippen LogP contribution in [0.3, 0.4) is 0 Å². The van der Waals surface area contributed by atoms with E-state index in [9.17, 15) is 9.59 Å². The second-order valence-electron chi connectivity index (χ2n) is 6.02. The third-order valence-corrected chi connectivity index (χ3v) is 3.15. The molecule has 0 spiro atoms. The molecule has 5 nitrogen and oxygen atoms in total. The van der Waals surface area contributed by atoms with Crippen molar-refractivity contribution >= 4 is 16.8 Å². The smallest absolute Gasteiger partial charge is 0.263 e. The molecule has 1 heterocycles.